The molecule has 1 aromatic carbocycles. The summed E-state index contributed by atoms with van der Waals surface area (Å²) in [5.41, 5.74) is 5.48. The number of rotatable bonds is 6. The van der Waals surface area contributed by atoms with Crippen LogP contribution >= 0.6 is 0 Å². The van der Waals surface area contributed by atoms with Crippen LogP contribution in [0.4, 0.5) is 10.5 Å². The lowest BCUT2D eigenvalue weighted by molar-refractivity contribution is -0.158. The fourth-order valence-corrected chi connectivity index (χ4v) is 2.49. The van der Waals surface area contributed by atoms with Crippen LogP contribution in [0.5, 0.6) is 5.75 Å². The van der Waals surface area contributed by atoms with Crippen LogP contribution in [0.15, 0.2) is 24.3 Å². The normalized spacial score (nSPS) is 14.3. The predicted octanol–water partition coefficient (Wildman–Crippen LogP) is 0.565. The fourth-order valence-electron chi connectivity index (χ4n) is 2.49. The zero-order chi connectivity index (χ0) is 19.3. The molecule has 0 aliphatic carbocycles. The van der Waals surface area contributed by atoms with Crippen LogP contribution in [-0.4, -0.2) is 43.1 Å². The smallest absolute Gasteiger partial charge is 0.318 e. The molecule has 4 amide bonds. The molecule has 0 saturated heterocycles. The van der Waals surface area contributed by atoms with Crippen molar-refractivity contribution in [1.29, 1.82) is 0 Å². The minimum atomic E-state index is -1.15. The molecule has 0 bridgehead atoms. The first kappa shape index (κ1) is 19.2. The third-order valence-electron chi connectivity index (χ3n) is 3.72. The lowest BCUT2D eigenvalue weighted by atomic mass is 10.1. The molecule has 0 fully saturated rings. The first-order valence-corrected chi connectivity index (χ1v) is 8.11. The molecule has 9 nitrogen and oxygen atoms in total. The number of primary amides is 1. The molecular weight excluding hydrogens is 342 g/mol. The fraction of sp³-hybridized carbons (Fsp3) is 0.412. The van der Waals surface area contributed by atoms with Crippen molar-refractivity contribution in [3.05, 3.63) is 24.3 Å². The Bertz CT molecular complexity index is 718. The third-order valence-corrected chi connectivity index (χ3v) is 3.72. The van der Waals surface area contributed by atoms with Crippen molar-refractivity contribution >= 4 is 29.5 Å². The Labute approximate surface area is 150 Å². The van der Waals surface area contributed by atoms with Crippen LogP contribution in [-0.2, 0) is 19.1 Å². The SMILES string of the molecule is CC(C)[C@@H](OC(=O)CCN1C(=O)COc2ccccc21)C(=O)NC(N)=O. The van der Waals surface area contributed by atoms with E-state index in [1.54, 1.807) is 38.1 Å². The molecule has 26 heavy (non-hydrogen) atoms. The van der Waals surface area contributed by atoms with Gasteiger partial charge >= 0.3 is 12.0 Å². The highest BCUT2D eigenvalue weighted by atomic mass is 16.5. The summed E-state index contributed by atoms with van der Waals surface area (Å²) in [6.07, 6.45) is -1.27. The number of fused-ring (bicyclic) bond motifs is 1. The van der Waals surface area contributed by atoms with Gasteiger partial charge in [-0.2, -0.15) is 0 Å². The number of anilines is 1. The highest BCUT2D eigenvalue weighted by molar-refractivity contribution is 5.98. The van der Waals surface area contributed by atoms with Gasteiger partial charge in [-0.1, -0.05) is 26.0 Å². The highest BCUT2D eigenvalue weighted by Gasteiger charge is 2.29. The average Bonchev–Trinajstić information content (AvgIpc) is 2.57. The topological polar surface area (TPSA) is 128 Å². The maximum absolute atomic E-state index is 12.1. The molecule has 9 heteroatoms. The molecule has 0 unspecified atom stereocenters. The first-order chi connectivity index (χ1) is 12.3. The van der Waals surface area contributed by atoms with Gasteiger partial charge in [0.1, 0.15) is 5.75 Å². The van der Waals surface area contributed by atoms with Crippen molar-refractivity contribution in [2.24, 2.45) is 11.7 Å². The molecule has 140 valence electrons. The van der Waals surface area contributed by atoms with Crippen molar-refractivity contribution in [3.8, 4) is 5.75 Å². The Kier molecular flexibility index (Phi) is 6.16. The van der Waals surface area contributed by atoms with Crippen molar-refractivity contribution in [1.82, 2.24) is 5.32 Å². The minimum Gasteiger partial charge on any atom is -0.482 e. The maximum atomic E-state index is 12.1. The number of para-hydroxylation sites is 2. The summed E-state index contributed by atoms with van der Waals surface area (Å²) in [6, 6.07) is 5.97. The monoisotopic (exact) mass is 363 g/mol. The number of amides is 4. The Morgan fingerprint density at radius 2 is 2.00 bits per heavy atom. The zero-order valence-corrected chi connectivity index (χ0v) is 14.6. The highest BCUT2D eigenvalue weighted by Crippen LogP contribution is 2.31. The Balaban J connectivity index is 1.98. The number of benzene rings is 1. The summed E-state index contributed by atoms with van der Waals surface area (Å²) >= 11 is 0. The number of imide groups is 1. The average molecular weight is 363 g/mol. The summed E-state index contributed by atoms with van der Waals surface area (Å²) in [5.74, 6) is -1.53. The number of nitrogens with two attached hydrogens (primary N) is 1. The number of urea groups is 1. The number of hydrogen-bond donors (Lipinski definition) is 2. The number of hydrogen-bond acceptors (Lipinski definition) is 6. The van der Waals surface area contributed by atoms with Crippen LogP contribution in [0.25, 0.3) is 0 Å². The Hall–Kier alpha value is -3.10. The van der Waals surface area contributed by atoms with E-state index in [4.69, 9.17) is 15.2 Å². The summed E-state index contributed by atoms with van der Waals surface area (Å²) < 4.78 is 10.5. The van der Waals surface area contributed by atoms with E-state index < -0.39 is 24.0 Å². The maximum Gasteiger partial charge on any atom is 0.318 e. The van der Waals surface area contributed by atoms with E-state index in [0.717, 1.165) is 0 Å². The Morgan fingerprint density at radius 1 is 1.31 bits per heavy atom. The van der Waals surface area contributed by atoms with Gasteiger partial charge in [0.05, 0.1) is 12.1 Å². The van der Waals surface area contributed by atoms with Gasteiger partial charge < -0.3 is 20.1 Å². The van der Waals surface area contributed by atoms with E-state index >= 15 is 0 Å². The molecule has 0 aromatic heterocycles. The van der Waals surface area contributed by atoms with Crippen LogP contribution in [0.1, 0.15) is 20.3 Å². The van der Waals surface area contributed by atoms with Crippen LogP contribution in [0, 0.1) is 5.92 Å². The second kappa shape index (κ2) is 8.32. The molecule has 0 radical (unpaired) electrons. The summed E-state index contributed by atoms with van der Waals surface area (Å²) in [5, 5.41) is 1.90. The number of nitrogens with zero attached hydrogens (tertiary/aromatic N) is 1. The van der Waals surface area contributed by atoms with Gasteiger partial charge in [-0.15, -0.1) is 0 Å². The standard InChI is InChI=1S/C17H21N3O6/c1-10(2)15(16(23)19-17(18)24)26-14(22)7-8-20-11-5-3-4-6-12(11)25-9-13(20)21/h3-6,10,15H,7-9H2,1-2H3,(H3,18,19,23,24)/t15-/m1/s1. The van der Waals surface area contributed by atoms with Gasteiger partial charge in [0.2, 0.25) is 0 Å². The van der Waals surface area contributed by atoms with Gasteiger partial charge in [-0.25, -0.2) is 4.79 Å². The van der Waals surface area contributed by atoms with E-state index in [1.165, 1.54) is 4.90 Å². The van der Waals surface area contributed by atoms with E-state index in [1.807, 2.05) is 5.32 Å². The zero-order valence-electron chi connectivity index (χ0n) is 14.6. The van der Waals surface area contributed by atoms with Gasteiger partial charge in [-0.3, -0.25) is 19.7 Å². The summed E-state index contributed by atoms with van der Waals surface area (Å²) in [7, 11) is 0. The van der Waals surface area contributed by atoms with Gasteiger partial charge in [-0.05, 0) is 18.1 Å². The number of ether oxygens (including phenoxy) is 2. The van der Waals surface area contributed by atoms with Crippen LogP contribution in [0.2, 0.25) is 0 Å². The van der Waals surface area contributed by atoms with Crippen molar-refractivity contribution in [2.45, 2.75) is 26.4 Å². The van der Waals surface area contributed by atoms with E-state index in [9.17, 15) is 19.2 Å². The molecule has 3 N–H and O–H groups in total. The quantitative estimate of drug-likeness (QED) is 0.711. The first-order valence-electron chi connectivity index (χ1n) is 8.11. The van der Waals surface area contributed by atoms with E-state index in [-0.39, 0.29) is 31.4 Å². The third kappa shape index (κ3) is 4.71. The van der Waals surface area contributed by atoms with Crippen molar-refractivity contribution in [3.63, 3.8) is 0 Å². The largest absolute Gasteiger partial charge is 0.482 e. The van der Waals surface area contributed by atoms with Gasteiger partial charge in [0.15, 0.2) is 12.7 Å². The van der Waals surface area contributed by atoms with Crippen molar-refractivity contribution in [2.75, 3.05) is 18.1 Å². The summed E-state index contributed by atoms with van der Waals surface area (Å²) in [6.45, 7) is 3.31. The Morgan fingerprint density at radius 3 is 2.65 bits per heavy atom. The number of esters is 1. The second-order valence-corrected chi connectivity index (χ2v) is 6.06. The molecule has 0 saturated carbocycles. The number of nitrogens with one attached hydrogen (secondary N) is 1. The molecule has 1 aliphatic rings. The predicted molar refractivity (Wildman–Crippen MR) is 91.4 cm³/mol. The second-order valence-electron chi connectivity index (χ2n) is 6.06. The van der Waals surface area contributed by atoms with Crippen LogP contribution in [0.3, 0.4) is 0 Å². The van der Waals surface area contributed by atoms with Gasteiger partial charge in [0, 0.05) is 6.54 Å². The number of carbonyl (C=O) groups is 4. The lowest BCUT2D eigenvalue weighted by Crippen LogP contribution is -2.46. The summed E-state index contributed by atoms with van der Waals surface area (Å²) in [4.78, 5) is 48.3. The molecule has 0 spiro atoms. The molecule has 1 heterocycles. The molecule has 1 atom stereocenters. The van der Waals surface area contributed by atoms with E-state index in [2.05, 4.69) is 0 Å². The minimum absolute atomic E-state index is 0.0836. The lowest BCUT2D eigenvalue weighted by Gasteiger charge is -2.29. The molecule has 2 rings (SSSR count). The molecule has 1 aliphatic heterocycles. The van der Waals surface area contributed by atoms with Crippen molar-refractivity contribution < 1.29 is 28.7 Å². The number of carbonyl (C=O) groups excluding carboxylic acids is 4. The van der Waals surface area contributed by atoms with E-state index in [0.29, 0.717) is 11.4 Å². The molecule has 1 aromatic rings. The van der Waals surface area contributed by atoms with Crippen LogP contribution < -0.4 is 20.7 Å². The molecular formula is C17H21N3O6. The van der Waals surface area contributed by atoms with Gasteiger partial charge in [0.25, 0.3) is 11.8 Å².